The van der Waals surface area contributed by atoms with E-state index in [2.05, 4.69) is 5.32 Å². The highest BCUT2D eigenvalue weighted by Gasteiger charge is 2.21. The Balaban J connectivity index is 1.86. The standard InChI is InChI=1S/C17H13ClN2O4S/c18-12-1-4-14(5-2-12)25(21,22)15(10-19)11-20-13-3-6-16-17(9-13)24-8-7-23-16/h1-6,9,11,20H,7-8H2/b15-11+. The van der Waals surface area contributed by atoms with Crippen LogP contribution in [0, 0.1) is 11.3 Å². The van der Waals surface area contributed by atoms with Crippen LogP contribution < -0.4 is 14.8 Å². The molecule has 2 aromatic carbocycles. The van der Waals surface area contributed by atoms with Crippen molar-refractivity contribution < 1.29 is 17.9 Å². The molecule has 128 valence electrons. The first-order valence-electron chi connectivity index (χ1n) is 7.28. The Morgan fingerprint density at radius 2 is 1.80 bits per heavy atom. The maximum atomic E-state index is 12.5. The van der Waals surface area contributed by atoms with Crippen LogP contribution in [0.2, 0.25) is 5.02 Å². The number of hydrogen-bond acceptors (Lipinski definition) is 6. The molecule has 0 aromatic heterocycles. The Morgan fingerprint density at radius 3 is 2.48 bits per heavy atom. The summed E-state index contributed by atoms with van der Waals surface area (Å²) in [5.74, 6) is 1.18. The van der Waals surface area contributed by atoms with Gasteiger partial charge in [-0.15, -0.1) is 0 Å². The minimum Gasteiger partial charge on any atom is -0.486 e. The van der Waals surface area contributed by atoms with Crippen molar-refractivity contribution in [3.63, 3.8) is 0 Å². The van der Waals surface area contributed by atoms with Crippen LogP contribution in [0.25, 0.3) is 0 Å². The third-order valence-corrected chi connectivity index (χ3v) is 5.37. The van der Waals surface area contributed by atoms with Gasteiger partial charge in [0.05, 0.1) is 4.90 Å². The first-order valence-corrected chi connectivity index (χ1v) is 9.14. The molecular weight excluding hydrogens is 364 g/mol. The van der Waals surface area contributed by atoms with Crippen molar-refractivity contribution in [2.45, 2.75) is 4.90 Å². The van der Waals surface area contributed by atoms with Crippen molar-refractivity contribution >= 4 is 27.1 Å². The highest BCUT2D eigenvalue weighted by molar-refractivity contribution is 7.95. The number of halogens is 1. The number of nitrogens with one attached hydrogen (secondary N) is 1. The van der Waals surface area contributed by atoms with Crippen molar-refractivity contribution in [2.75, 3.05) is 18.5 Å². The van der Waals surface area contributed by atoms with E-state index < -0.39 is 14.7 Å². The molecule has 0 amide bonds. The van der Waals surface area contributed by atoms with Gasteiger partial charge in [-0.2, -0.15) is 5.26 Å². The fourth-order valence-electron chi connectivity index (χ4n) is 2.19. The molecule has 0 bridgehead atoms. The van der Waals surface area contributed by atoms with Gasteiger partial charge in [0, 0.05) is 23.0 Å². The third kappa shape index (κ3) is 3.71. The van der Waals surface area contributed by atoms with Crippen molar-refractivity contribution in [2.24, 2.45) is 0 Å². The SMILES string of the molecule is N#C/C(=C\Nc1ccc2c(c1)OCCO2)S(=O)(=O)c1ccc(Cl)cc1. The van der Waals surface area contributed by atoms with E-state index in [1.54, 1.807) is 24.3 Å². The predicted octanol–water partition coefficient (Wildman–Crippen LogP) is 3.36. The molecule has 1 aliphatic heterocycles. The summed E-state index contributed by atoms with van der Waals surface area (Å²) < 4.78 is 35.9. The van der Waals surface area contributed by atoms with Crippen LogP contribution in [0.15, 0.2) is 58.5 Å². The van der Waals surface area contributed by atoms with Gasteiger partial charge < -0.3 is 14.8 Å². The number of nitriles is 1. The Morgan fingerprint density at radius 1 is 1.12 bits per heavy atom. The van der Waals surface area contributed by atoms with E-state index in [1.807, 2.05) is 0 Å². The Bertz CT molecular complexity index is 963. The molecule has 0 saturated carbocycles. The number of nitrogens with zero attached hydrogens (tertiary/aromatic N) is 1. The lowest BCUT2D eigenvalue weighted by Crippen LogP contribution is -2.15. The van der Waals surface area contributed by atoms with Crippen LogP contribution in [0.1, 0.15) is 0 Å². The first kappa shape index (κ1) is 17.1. The second-order valence-corrected chi connectivity index (χ2v) is 7.44. The summed E-state index contributed by atoms with van der Waals surface area (Å²) in [6.07, 6.45) is 1.15. The number of benzene rings is 2. The summed E-state index contributed by atoms with van der Waals surface area (Å²) in [5, 5.41) is 12.5. The third-order valence-electron chi connectivity index (χ3n) is 3.44. The number of allylic oxidation sites excluding steroid dienone is 1. The van der Waals surface area contributed by atoms with E-state index >= 15 is 0 Å². The number of rotatable bonds is 4. The predicted molar refractivity (Wildman–Crippen MR) is 93.4 cm³/mol. The summed E-state index contributed by atoms with van der Waals surface area (Å²) in [6, 6.07) is 12.4. The first-order chi connectivity index (χ1) is 12.0. The zero-order valence-electron chi connectivity index (χ0n) is 12.9. The molecule has 2 aromatic rings. The quantitative estimate of drug-likeness (QED) is 0.823. The van der Waals surface area contributed by atoms with Gasteiger partial charge in [0.2, 0.25) is 9.84 Å². The zero-order chi connectivity index (χ0) is 17.9. The minimum atomic E-state index is -3.93. The van der Waals surface area contributed by atoms with Gasteiger partial charge >= 0.3 is 0 Å². The van der Waals surface area contributed by atoms with Gasteiger partial charge in [-0.05, 0) is 36.4 Å². The number of ether oxygens (including phenoxy) is 2. The van der Waals surface area contributed by atoms with Gasteiger partial charge in [-0.25, -0.2) is 8.42 Å². The Kier molecular flexibility index (Phi) is 4.83. The van der Waals surface area contributed by atoms with Gasteiger partial charge in [-0.3, -0.25) is 0 Å². The fourth-order valence-corrected chi connectivity index (χ4v) is 3.40. The number of fused-ring (bicyclic) bond motifs is 1. The summed E-state index contributed by atoms with van der Waals surface area (Å²) in [6.45, 7) is 0.929. The smallest absolute Gasteiger partial charge is 0.218 e. The van der Waals surface area contributed by atoms with E-state index in [1.165, 1.54) is 24.3 Å². The van der Waals surface area contributed by atoms with E-state index in [0.717, 1.165) is 6.20 Å². The van der Waals surface area contributed by atoms with E-state index in [-0.39, 0.29) is 4.90 Å². The van der Waals surface area contributed by atoms with Crippen molar-refractivity contribution in [3.05, 3.63) is 58.6 Å². The Labute approximate surface area is 150 Å². The largest absolute Gasteiger partial charge is 0.486 e. The molecule has 6 nitrogen and oxygen atoms in total. The maximum Gasteiger partial charge on any atom is 0.218 e. The van der Waals surface area contributed by atoms with Gasteiger partial charge in [0.1, 0.15) is 19.3 Å². The second-order valence-electron chi connectivity index (χ2n) is 5.08. The molecule has 1 heterocycles. The summed E-state index contributed by atoms with van der Waals surface area (Å²) in [7, 11) is -3.93. The molecule has 0 spiro atoms. The lowest BCUT2D eigenvalue weighted by atomic mass is 10.2. The highest BCUT2D eigenvalue weighted by atomic mass is 35.5. The van der Waals surface area contributed by atoms with E-state index in [9.17, 15) is 13.7 Å². The molecule has 0 unspecified atom stereocenters. The normalized spacial score (nSPS) is 13.8. The molecule has 1 aliphatic rings. The van der Waals surface area contributed by atoms with Crippen LogP contribution in [0.5, 0.6) is 11.5 Å². The summed E-state index contributed by atoms with van der Waals surface area (Å²) in [5.41, 5.74) is 0.573. The molecule has 0 saturated heterocycles. The molecule has 0 fully saturated rings. The molecule has 8 heteroatoms. The van der Waals surface area contributed by atoms with Crippen LogP contribution >= 0.6 is 11.6 Å². The topological polar surface area (TPSA) is 88.4 Å². The minimum absolute atomic E-state index is 0.00586. The average molecular weight is 377 g/mol. The van der Waals surface area contributed by atoms with Gasteiger partial charge in [0.25, 0.3) is 0 Å². The molecular formula is C17H13ClN2O4S. The number of anilines is 1. The van der Waals surface area contributed by atoms with Crippen LogP contribution in [0.3, 0.4) is 0 Å². The summed E-state index contributed by atoms with van der Waals surface area (Å²) in [4.78, 5) is -0.418. The molecule has 3 rings (SSSR count). The van der Waals surface area contributed by atoms with Crippen LogP contribution in [-0.2, 0) is 9.84 Å². The van der Waals surface area contributed by atoms with Crippen molar-refractivity contribution in [3.8, 4) is 17.6 Å². The lowest BCUT2D eigenvalue weighted by molar-refractivity contribution is 0.171. The number of hydrogen-bond donors (Lipinski definition) is 1. The molecule has 0 aliphatic carbocycles. The molecule has 0 radical (unpaired) electrons. The molecule has 25 heavy (non-hydrogen) atoms. The monoisotopic (exact) mass is 376 g/mol. The van der Waals surface area contributed by atoms with Gasteiger partial charge in [0.15, 0.2) is 16.4 Å². The van der Waals surface area contributed by atoms with Crippen molar-refractivity contribution in [1.29, 1.82) is 5.26 Å². The van der Waals surface area contributed by atoms with E-state index in [4.69, 9.17) is 21.1 Å². The fraction of sp³-hybridized carbons (Fsp3) is 0.118. The average Bonchev–Trinajstić information content (AvgIpc) is 2.62. The van der Waals surface area contributed by atoms with E-state index in [0.29, 0.717) is 35.4 Å². The highest BCUT2D eigenvalue weighted by Crippen LogP contribution is 2.32. The maximum absolute atomic E-state index is 12.5. The Hall–Kier alpha value is -2.69. The number of sulfone groups is 1. The van der Waals surface area contributed by atoms with Crippen LogP contribution in [0.4, 0.5) is 5.69 Å². The van der Waals surface area contributed by atoms with Crippen LogP contribution in [-0.4, -0.2) is 21.6 Å². The zero-order valence-corrected chi connectivity index (χ0v) is 14.5. The lowest BCUT2D eigenvalue weighted by Gasteiger charge is -2.18. The summed E-state index contributed by atoms with van der Waals surface area (Å²) >= 11 is 5.77. The van der Waals surface area contributed by atoms with Gasteiger partial charge in [-0.1, -0.05) is 11.6 Å². The molecule has 1 N–H and O–H groups in total. The van der Waals surface area contributed by atoms with Crippen molar-refractivity contribution in [1.82, 2.24) is 0 Å². The molecule has 0 atom stereocenters. The second kappa shape index (κ2) is 7.05.